The molecule has 112 valence electrons. The van der Waals surface area contributed by atoms with Crippen LogP contribution in [0.5, 0.6) is 5.75 Å². The van der Waals surface area contributed by atoms with Crippen LogP contribution in [-0.2, 0) is 10.0 Å². The maximum atomic E-state index is 12.4. The maximum Gasteiger partial charge on any atom is 0.240 e. The summed E-state index contributed by atoms with van der Waals surface area (Å²) in [6, 6.07) is 5.68. The minimum atomic E-state index is -3.50. The summed E-state index contributed by atoms with van der Waals surface area (Å²) >= 11 is 0. The van der Waals surface area contributed by atoms with E-state index in [2.05, 4.69) is 4.72 Å². The molecule has 1 unspecified atom stereocenters. The summed E-state index contributed by atoms with van der Waals surface area (Å²) in [5, 5.41) is 9.24. The number of hydrogen-bond acceptors (Lipinski definition) is 3. The number of sulfonamides is 1. The Morgan fingerprint density at radius 3 is 2.35 bits per heavy atom. The molecule has 0 bridgehead atoms. The Hall–Kier alpha value is -1.07. The lowest BCUT2D eigenvalue weighted by Crippen LogP contribution is -2.40. The van der Waals surface area contributed by atoms with E-state index in [4.69, 9.17) is 0 Å². The topological polar surface area (TPSA) is 66.4 Å². The molecule has 0 spiro atoms. The molecule has 1 aromatic carbocycles. The van der Waals surface area contributed by atoms with Crippen LogP contribution in [0.2, 0.25) is 0 Å². The molecule has 1 aromatic rings. The Labute approximate surface area is 121 Å². The first-order valence-electron chi connectivity index (χ1n) is 7.34. The molecule has 20 heavy (non-hydrogen) atoms. The summed E-state index contributed by atoms with van der Waals surface area (Å²) in [6.45, 7) is 2.03. The number of phenols is 1. The Morgan fingerprint density at radius 1 is 1.20 bits per heavy atom. The molecule has 1 saturated carbocycles. The molecule has 0 heterocycles. The van der Waals surface area contributed by atoms with E-state index in [1.807, 2.05) is 6.92 Å². The lowest BCUT2D eigenvalue weighted by atomic mass is 9.83. The standard InChI is InChI=1S/C15H23NO3S/c1-2-15(12-6-4-3-5-7-12)16-20(18,19)14-10-8-13(17)9-11-14/h8-12,15-17H,2-7H2,1H3. The van der Waals surface area contributed by atoms with Gasteiger partial charge in [0.15, 0.2) is 0 Å². The average Bonchev–Trinajstić information content (AvgIpc) is 2.46. The summed E-state index contributed by atoms with van der Waals surface area (Å²) in [5.41, 5.74) is 0. The summed E-state index contributed by atoms with van der Waals surface area (Å²) < 4.78 is 27.6. The van der Waals surface area contributed by atoms with Gasteiger partial charge >= 0.3 is 0 Å². The zero-order valence-corrected chi connectivity index (χ0v) is 12.7. The lowest BCUT2D eigenvalue weighted by Gasteiger charge is -2.30. The van der Waals surface area contributed by atoms with Crippen molar-refractivity contribution in [2.24, 2.45) is 5.92 Å². The highest BCUT2D eigenvalue weighted by atomic mass is 32.2. The summed E-state index contributed by atoms with van der Waals surface area (Å²) in [5.74, 6) is 0.518. The van der Waals surface area contributed by atoms with Crippen molar-refractivity contribution in [1.82, 2.24) is 4.72 Å². The van der Waals surface area contributed by atoms with E-state index >= 15 is 0 Å². The van der Waals surface area contributed by atoms with E-state index in [1.54, 1.807) is 0 Å². The molecule has 0 amide bonds. The molecule has 1 aliphatic rings. The first-order valence-corrected chi connectivity index (χ1v) is 8.82. The van der Waals surface area contributed by atoms with Crippen LogP contribution in [0.1, 0.15) is 45.4 Å². The van der Waals surface area contributed by atoms with Gasteiger partial charge in [0.1, 0.15) is 5.75 Å². The SMILES string of the molecule is CCC(NS(=O)(=O)c1ccc(O)cc1)C1CCCCC1. The number of aromatic hydroxyl groups is 1. The first-order chi connectivity index (χ1) is 9.53. The highest BCUT2D eigenvalue weighted by Gasteiger charge is 2.27. The molecule has 0 aromatic heterocycles. The van der Waals surface area contributed by atoms with Crippen molar-refractivity contribution in [1.29, 1.82) is 0 Å². The smallest absolute Gasteiger partial charge is 0.240 e. The fraction of sp³-hybridized carbons (Fsp3) is 0.600. The van der Waals surface area contributed by atoms with Gasteiger partial charge in [-0.25, -0.2) is 13.1 Å². The van der Waals surface area contributed by atoms with Gasteiger partial charge in [-0.2, -0.15) is 0 Å². The van der Waals surface area contributed by atoms with E-state index < -0.39 is 10.0 Å². The fourth-order valence-electron chi connectivity index (χ4n) is 2.94. The van der Waals surface area contributed by atoms with Crippen LogP contribution in [0.25, 0.3) is 0 Å². The molecule has 0 saturated heterocycles. The van der Waals surface area contributed by atoms with Crippen molar-refractivity contribution in [3.8, 4) is 5.75 Å². The second kappa shape index (κ2) is 6.59. The summed E-state index contributed by atoms with van der Waals surface area (Å²) in [4.78, 5) is 0.213. The van der Waals surface area contributed by atoms with Gasteiger partial charge in [0.05, 0.1) is 4.90 Å². The van der Waals surface area contributed by atoms with Crippen LogP contribution in [0, 0.1) is 5.92 Å². The van der Waals surface area contributed by atoms with E-state index in [-0.39, 0.29) is 16.7 Å². The van der Waals surface area contributed by atoms with Crippen LogP contribution in [0.4, 0.5) is 0 Å². The molecule has 1 atom stereocenters. The lowest BCUT2D eigenvalue weighted by molar-refractivity contribution is 0.285. The largest absolute Gasteiger partial charge is 0.508 e. The number of phenolic OH excluding ortho intramolecular Hbond substituents is 1. The Morgan fingerprint density at radius 2 is 1.80 bits per heavy atom. The third kappa shape index (κ3) is 3.73. The number of rotatable bonds is 5. The van der Waals surface area contributed by atoms with E-state index in [1.165, 1.54) is 43.5 Å². The Kier molecular flexibility index (Phi) is 5.05. The van der Waals surface area contributed by atoms with Crippen LogP contribution >= 0.6 is 0 Å². The van der Waals surface area contributed by atoms with Crippen molar-refractivity contribution in [2.45, 2.75) is 56.4 Å². The van der Waals surface area contributed by atoms with Gasteiger partial charge < -0.3 is 5.11 Å². The van der Waals surface area contributed by atoms with Gasteiger partial charge in [0.2, 0.25) is 10.0 Å². The van der Waals surface area contributed by atoms with Gasteiger partial charge in [-0.1, -0.05) is 26.2 Å². The predicted octanol–water partition coefficient (Wildman–Crippen LogP) is 3.03. The second-order valence-corrected chi connectivity index (χ2v) is 7.24. The Bertz CT molecular complexity index is 519. The predicted molar refractivity (Wildman–Crippen MR) is 79.1 cm³/mol. The second-order valence-electron chi connectivity index (χ2n) is 5.53. The van der Waals surface area contributed by atoms with Crippen molar-refractivity contribution in [3.05, 3.63) is 24.3 Å². The van der Waals surface area contributed by atoms with Gasteiger partial charge in [-0.05, 0) is 49.4 Å². The molecule has 5 heteroatoms. The van der Waals surface area contributed by atoms with E-state index in [9.17, 15) is 13.5 Å². The fourth-order valence-corrected chi connectivity index (χ4v) is 4.33. The third-order valence-electron chi connectivity index (χ3n) is 4.11. The quantitative estimate of drug-likeness (QED) is 0.878. The molecule has 0 radical (unpaired) electrons. The van der Waals surface area contributed by atoms with Gasteiger partial charge in [-0.15, -0.1) is 0 Å². The monoisotopic (exact) mass is 297 g/mol. The van der Waals surface area contributed by atoms with Gasteiger partial charge in [-0.3, -0.25) is 0 Å². The van der Waals surface area contributed by atoms with Gasteiger partial charge in [0.25, 0.3) is 0 Å². The van der Waals surface area contributed by atoms with Crippen LogP contribution in [0.15, 0.2) is 29.2 Å². The van der Waals surface area contributed by atoms with Crippen LogP contribution < -0.4 is 4.72 Å². The minimum absolute atomic E-state index is 0.00843. The molecule has 0 aliphatic heterocycles. The highest BCUT2D eigenvalue weighted by Crippen LogP contribution is 2.28. The minimum Gasteiger partial charge on any atom is -0.508 e. The van der Waals surface area contributed by atoms with Gasteiger partial charge in [0, 0.05) is 6.04 Å². The number of benzene rings is 1. The summed E-state index contributed by atoms with van der Waals surface area (Å²) in [7, 11) is -3.50. The number of hydrogen-bond donors (Lipinski definition) is 2. The van der Waals surface area contributed by atoms with Crippen molar-refractivity contribution < 1.29 is 13.5 Å². The zero-order chi connectivity index (χ0) is 14.6. The van der Waals surface area contributed by atoms with Crippen molar-refractivity contribution in [3.63, 3.8) is 0 Å². The highest BCUT2D eigenvalue weighted by molar-refractivity contribution is 7.89. The third-order valence-corrected chi connectivity index (χ3v) is 5.62. The molecule has 2 N–H and O–H groups in total. The molecular weight excluding hydrogens is 274 g/mol. The molecule has 1 aliphatic carbocycles. The molecule has 2 rings (SSSR count). The van der Waals surface area contributed by atoms with Crippen LogP contribution in [0.3, 0.4) is 0 Å². The normalized spacial score (nSPS) is 18.9. The Balaban J connectivity index is 2.10. The van der Waals surface area contributed by atoms with Crippen molar-refractivity contribution >= 4 is 10.0 Å². The average molecular weight is 297 g/mol. The zero-order valence-electron chi connectivity index (χ0n) is 11.9. The molecule has 1 fully saturated rings. The van der Waals surface area contributed by atoms with Crippen LogP contribution in [-0.4, -0.2) is 19.6 Å². The summed E-state index contributed by atoms with van der Waals surface area (Å²) in [6.07, 6.45) is 6.68. The molecular formula is C15H23NO3S. The maximum absolute atomic E-state index is 12.4. The van der Waals surface area contributed by atoms with E-state index in [0.717, 1.165) is 19.3 Å². The number of nitrogens with one attached hydrogen (secondary N) is 1. The van der Waals surface area contributed by atoms with Crippen molar-refractivity contribution in [2.75, 3.05) is 0 Å². The first kappa shape index (κ1) is 15.3. The van der Waals surface area contributed by atoms with E-state index in [0.29, 0.717) is 5.92 Å². The molecule has 4 nitrogen and oxygen atoms in total.